The molecule has 1 saturated heterocycles. The first-order valence-corrected chi connectivity index (χ1v) is 5.39. The largest absolute Gasteiger partial charge is 0.454 e. The molecule has 0 unspecified atom stereocenters. The normalized spacial score (nSPS) is 38.2. The molecule has 0 aromatic carbocycles. The van der Waals surface area contributed by atoms with E-state index >= 15 is 0 Å². The van der Waals surface area contributed by atoms with Crippen LogP contribution in [0.1, 0.15) is 13.8 Å². The fourth-order valence-electron chi connectivity index (χ4n) is 1.47. The van der Waals surface area contributed by atoms with Crippen molar-refractivity contribution in [2.45, 2.75) is 44.6 Å². The second-order valence-corrected chi connectivity index (χ2v) is 4.29. The van der Waals surface area contributed by atoms with Crippen molar-refractivity contribution in [2.75, 3.05) is 6.61 Å². The Bertz CT molecular complexity index is 267. The molecule has 1 fully saturated rings. The topological polar surface area (TPSA) is 116 Å². The maximum Gasteiger partial charge on any atom is 0.308 e. The number of hydrogen-bond donors (Lipinski definition) is 4. The van der Waals surface area contributed by atoms with Gasteiger partial charge in [0, 0.05) is 0 Å². The second kappa shape index (κ2) is 5.74. The fourth-order valence-corrected chi connectivity index (χ4v) is 1.47. The number of carbonyl (C=O) groups is 1. The van der Waals surface area contributed by atoms with E-state index in [1.54, 1.807) is 13.8 Å². The van der Waals surface area contributed by atoms with Gasteiger partial charge in [-0.05, 0) is 0 Å². The minimum atomic E-state index is -1.58. The van der Waals surface area contributed by atoms with Crippen LogP contribution in [0.3, 0.4) is 0 Å². The predicted octanol–water partition coefficient (Wildman–Crippen LogP) is -2.01. The van der Waals surface area contributed by atoms with Gasteiger partial charge in [0.05, 0.1) is 12.5 Å². The quantitative estimate of drug-likeness (QED) is 0.427. The van der Waals surface area contributed by atoms with Crippen molar-refractivity contribution in [3.05, 3.63) is 0 Å². The number of ether oxygens (including phenoxy) is 2. The molecule has 0 amide bonds. The number of hydrogen-bond acceptors (Lipinski definition) is 7. The number of aliphatic hydroxyl groups excluding tert-OH is 4. The van der Waals surface area contributed by atoms with Crippen molar-refractivity contribution in [3.63, 3.8) is 0 Å². The molecule has 1 heterocycles. The minimum Gasteiger partial charge on any atom is -0.454 e. The van der Waals surface area contributed by atoms with Gasteiger partial charge in [0.25, 0.3) is 0 Å². The zero-order chi connectivity index (χ0) is 13.2. The minimum absolute atomic E-state index is 0.429. The van der Waals surface area contributed by atoms with E-state index < -0.39 is 49.2 Å². The third kappa shape index (κ3) is 3.14. The van der Waals surface area contributed by atoms with Gasteiger partial charge >= 0.3 is 5.97 Å². The van der Waals surface area contributed by atoms with Crippen molar-refractivity contribution in [2.24, 2.45) is 5.92 Å². The van der Waals surface area contributed by atoms with Gasteiger partial charge in [-0.15, -0.1) is 0 Å². The molecule has 100 valence electrons. The number of carbonyl (C=O) groups excluding carboxylic acids is 1. The van der Waals surface area contributed by atoms with E-state index in [1.807, 2.05) is 0 Å². The summed E-state index contributed by atoms with van der Waals surface area (Å²) in [6.45, 7) is 2.63. The molecule has 0 spiro atoms. The highest BCUT2D eigenvalue weighted by molar-refractivity contribution is 5.71. The first-order chi connectivity index (χ1) is 7.88. The second-order valence-electron chi connectivity index (χ2n) is 4.29. The highest BCUT2D eigenvalue weighted by Gasteiger charge is 2.45. The summed E-state index contributed by atoms with van der Waals surface area (Å²) in [5, 5.41) is 37.5. The Morgan fingerprint density at radius 3 is 2.35 bits per heavy atom. The van der Waals surface area contributed by atoms with Gasteiger partial charge in [0.2, 0.25) is 0 Å². The SMILES string of the molecule is CC(C)C(=O)O[C@@H]1[C@@H](O)[C@H](O)[C@@H](CO)O[C@H]1O. The highest BCUT2D eigenvalue weighted by atomic mass is 16.7. The van der Waals surface area contributed by atoms with Crippen LogP contribution in [-0.2, 0) is 14.3 Å². The zero-order valence-corrected chi connectivity index (χ0v) is 9.68. The first-order valence-electron chi connectivity index (χ1n) is 5.39. The van der Waals surface area contributed by atoms with Crippen LogP contribution in [0, 0.1) is 5.92 Å². The summed E-state index contributed by atoms with van der Waals surface area (Å²) in [5.74, 6) is -1.05. The van der Waals surface area contributed by atoms with Crippen LogP contribution >= 0.6 is 0 Å². The van der Waals surface area contributed by atoms with Crippen LogP contribution in [0.2, 0.25) is 0 Å². The maximum atomic E-state index is 11.3. The van der Waals surface area contributed by atoms with Gasteiger partial charge < -0.3 is 29.9 Å². The van der Waals surface area contributed by atoms with Crippen LogP contribution in [0.4, 0.5) is 0 Å². The summed E-state index contributed by atoms with van der Waals surface area (Å²) in [4.78, 5) is 11.3. The fraction of sp³-hybridized carbons (Fsp3) is 0.900. The molecule has 1 rings (SSSR count). The van der Waals surface area contributed by atoms with Crippen LogP contribution in [0.25, 0.3) is 0 Å². The lowest BCUT2D eigenvalue weighted by Gasteiger charge is -2.39. The predicted molar refractivity (Wildman–Crippen MR) is 54.7 cm³/mol. The summed E-state index contributed by atoms with van der Waals surface area (Å²) < 4.78 is 9.66. The Hall–Kier alpha value is -0.730. The lowest BCUT2D eigenvalue weighted by atomic mass is 9.99. The average molecular weight is 250 g/mol. The van der Waals surface area contributed by atoms with Gasteiger partial charge in [-0.1, -0.05) is 13.8 Å². The third-order valence-electron chi connectivity index (χ3n) is 2.57. The maximum absolute atomic E-state index is 11.3. The molecule has 0 bridgehead atoms. The summed E-state index contributed by atoms with van der Waals surface area (Å²) in [5.41, 5.74) is 0. The highest BCUT2D eigenvalue weighted by Crippen LogP contribution is 2.22. The lowest BCUT2D eigenvalue weighted by Crippen LogP contribution is -2.59. The Morgan fingerprint density at radius 2 is 1.88 bits per heavy atom. The van der Waals surface area contributed by atoms with Crippen molar-refractivity contribution in [1.29, 1.82) is 0 Å². The molecule has 5 atom stereocenters. The van der Waals surface area contributed by atoms with Crippen molar-refractivity contribution in [1.82, 2.24) is 0 Å². The van der Waals surface area contributed by atoms with Crippen LogP contribution in [0.5, 0.6) is 0 Å². The van der Waals surface area contributed by atoms with Crippen LogP contribution in [0.15, 0.2) is 0 Å². The van der Waals surface area contributed by atoms with Crippen molar-refractivity contribution in [3.8, 4) is 0 Å². The van der Waals surface area contributed by atoms with Crippen molar-refractivity contribution >= 4 is 5.97 Å². The van der Waals surface area contributed by atoms with Gasteiger partial charge in [0.15, 0.2) is 12.4 Å². The Kier molecular flexibility index (Phi) is 4.84. The molecule has 0 aromatic heterocycles. The number of esters is 1. The third-order valence-corrected chi connectivity index (χ3v) is 2.57. The van der Waals surface area contributed by atoms with E-state index in [2.05, 4.69) is 0 Å². The summed E-state index contributed by atoms with van der Waals surface area (Å²) >= 11 is 0. The lowest BCUT2D eigenvalue weighted by molar-refractivity contribution is -0.291. The summed E-state index contributed by atoms with van der Waals surface area (Å²) in [7, 11) is 0. The van der Waals surface area contributed by atoms with Gasteiger partial charge in [-0.25, -0.2) is 0 Å². The molecule has 17 heavy (non-hydrogen) atoms. The molecule has 0 aliphatic carbocycles. The Morgan fingerprint density at radius 1 is 1.29 bits per heavy atom. The molecule has 7 nitrogen and oxygen atoms in total. The van der Waals surface area contributed by atoms with Gasteiger partial charge in [-0.3, -0.25) is 4.79 Å². The molecule has 0 radical (unpaired) electrons. The smallest absolute Gasteiger partial charge is 0.308 e. The molecule has 1 aliphatic rings. The van der Waals surface area contributed by atoms with E-state index in [-0.39, 0.29) is 0 Å². The van der Waals surface area contributed by atoms with E-state index in [1.165, 1.54) is 0 Å². The monoisotopic (exact) mass is 250 g/mol. The van der Waals surface area contributed by atoms with Gasteiger partial charge in [-0.2, -0.15) is 0 Å². The molecule has 1 aliphatic heterocycles. The van der Waals surface area contributed by atoms with Crippen LogP contribution in [-0.4, -0.2) is 63.7 Å². The number of aliphatic hydroxyl groups is 4. The summed E-state index contributed by atoms with van der Waals surface area (Å²) in [6, 6.07) is 0. The standard InChI is InChI=1S/C10H18O7/c1-4(2)9(14)17-8-7(13)6(12)5(3-11)16-10(8)15/h4-8,10-13,15H,3H2,1-2H3/t5-,6-,7+,8-,10-/m1/s1. The molecule has 0 aromatic rings. The van der Waals surface area contributed by atoms with Gasteiger partial charge in [0.1, 0.15) is 18.3 Å². The molecular weight excluding hydrogens is 232 g/mol. The van der Waals surface area contributed by atoms with E-state index in [0.29, 0.717) is 0 Å². The molecule has 4 N–H and O–H groups in total. The Labute approximate surface area is 98.6 Å². The molecule has 7 heteroatoms. The summed E-state index contributed by atoms with van der Waals surface area (Å²) in [6.07, 6.45) is -6.96. The average Bonchev–Trinajstić information content (AvgIpc) is 2.28. The van der Waals surface area contributed by atoms with E-state index in [0.717, 1.165) is 0 Å². The first kappa shape index (κ1) is 14.3. The van der Waals surface area contributed by atoms with E-state index in [9.17, 15) is 20.1 Å². The van der Waals surface area contributed by atoms with E-state index in [4.69, 9.17) is 14.6 Å². The van der Waals surface area contributed by atoms with Crippen molar-refractivity contribution < 1.29 is 34.7 Å². The van der Waals surface area contributed by atoms with Crippen LogP contribution < -0.4 is 0 Å². The molecule has 0 saturated carbocycles. The Balaban J connectivity index is 2.69. The molecular formula is C10H18O7. The zero-order valence-electron chi connectivity index (χ0n) is 9.68. The number of rotatable bonds is 3.